The summed E-state index contributed by atoms with van der Waals surface area (Å²) in [6, 6.07) is 17.2. The van der Waals surface area contributed by atoms with Gasteiger partial charge in [0.2, 0.25) is 0 Å². The summed E-state index contributed by atoms with van der Waals surface area (Å²) in [6.45, 7) is 7.68. The first-order valence-corrected chi connectivity index (χ1v) is 8.15. The Morgan fingerprint density at radius 1 is 1.28 bits per heavy atom. The first-order valence-electron chi connectivity index (χ1n) is 8.15. The fourth-order valence-electron chi connectivity index (χ4n) is 2.71. The first kappa shape index (κ1) is 21.3. The molecule has 2 aromatic rings. The Hall–Kier alpha value is -1.77. The Kier molecular flexibility index (Phi) is 7.72. The van der Waals surface area contributed by atoms with Gasteiger partial charge >= 0.3 is 0 Å². The van der Waals surface area contributed by atoms with E-state index in [9.17, 15) is 9.90 Å². The molecule has 0 aliphatic heterocycles. The van der Waals surface area contributed by atoms with Gasteiger partial charge in [-0.2, -0.15) is 35.9 Å². The number of aromatic nitrogens is 1. The van der Waals surface area contributed by atoms with Crippen molar-refractivity contribution in [2.75, 3.05) is 0 Å². The summed E-state index contributed by atoms with van der Waals surface area (Å²) in [5.41, 5.74) is 2.69. The second kappa shape index (κ2) is 9.07. The normalized spacial score (nSPS) is 13.0. The summed E-state index contributed by atoms with van der Waals surface area (Å²) >= 11 is 0. The van der Waals surface area contributed by atoms with E-state index in [-0.39, 0.29) is 43.0 Å². The predicted molar refractivity (Wildman–Crippen MR) is 96.1 cm³/mol. The maximum absolute atomic E-state index is 11.1. The number of hydrogen-bond acceptors (Lipinski definition) is 3. The van der Waals surface area contributed by atoms with E-state index >= 15 is 0 Å². The molecule has 1 radical (unpaired) electrons. The topological polar surface area (TPSA) is 50.2 Å². The van der Waals surface area contributed by atoms with Crippen molar-refractivity contribution >= 4 is 5.78 Å². The number of hydrogen-bond donors (Lipinski definition) is 1. The van der Waals surface area contributed by atoms with Crippen LogP contribution < -0.4 is 0 Å². The van der Waals surface area contributed by atoms with Crippen LogP contribution in [0.5, 0.6) is 0 Å². The Balaban J connectivity index is 0.00000312. The Labute approximate surface area is 163 Å². The fraction of sp³-hybridized carbons (Fsp3) is 0.333. The Morgan fingerprint density at radius 3 is 2.60 bits per heavy atom. The van der Waals surface area contributed by atoms with Gasteiger partial charge in [-0.1, -0.05) is 26.8 Å². The van der Waals surface area contributed by atoms with Crippen molar-refractivity contribution < 1.29 is 30.0 Å². The van der Waals surface area contributed by atoms with Gasteiger partial charge in [-0.15, -0.1) is 0 Å². The summed E-state index contributed by atoms with van der Waals surface area (Å²) in [5.74, 6) is -0.0314. The maximum Gasteiger partial charge on any atom is 0.155 e. The van der Waals surface area contributed by atoms with Crippen molar-refractivity contribution in [3.63, 3.8) is 0 Å². The smallest absolute Gasteiger partial charge is 0.155 e. The summed E-state index contributed by atoms with van der Waals surface area (Å²) in [7, 11) is 0. The summed E-state index contributed by atoms with van der Waals surface area (Å²) < 4.78 is 0. The molecular formula is C21H24IrNO2-. The summed E-state index contributed by atoms with van der Waals surface area (Å²) in [5, 5.41) is 9.87. The molecule has 0 bridgehead atoms. The molecule has 3 nitrogen and oxygen atoms in total. The van der Waals surface area contributed by atoms with E-state index in [4.69, 9.17) is 4.98 Å². The van der Waals surface area contributed by atoms with E-state index in [0.717, 1.165) is 17.0 Å². The van der Waals surface area contributed by atoms with Crippen LogP contribution in [0.3, 0.4) is 0 Å². The van der Waals surface area contributed by atoms with Crippen molar-refractivity contribution in [1.82, 2.24) is 4.98 Å². The predicted octanol–water partition coefficient (Wildman–Crippen LogP) is 4.73. The van der Waals surface area contributed by atoms with Crippen molar-refractivity contribution in [3.8, 4) is 0 Å². The molecule has 25 heavy (non-hydrogen) atoms. The molecule has 0 amide bonds. The number of benzene rings is 1. The average molecular weight is 515 g/mol. The van der Waals surface area contributed by atoms with Gasteiger partial charge < -0.3 is 5.11 Å². The monoisotopic (exact) mass is 515 g/mol. The zero-order valence-corrected chi connectivity index (χ0v) is 17.4. The number of rotatable bonds is 6. The maximum atomic E-state index is 11.1. The van der Waals surface area contributed by atoms with E-state index in [0.29, 0.717) is 6.42 Å². The molecule has 1 aromatic heterocycles. The van der Waals surface area contributed by atoms with Crippen molar-refractivity contribution in [1.29, 1.82) is 0 Å². The van der Waals surface area contributed by atoms with Crippen molar-refractivity contribution in [2.45, 2.75) is 45.4 Å². The van der Waals surface area contributed by atoms with Crippen LogP contribution in [0, 0.1) is 6.07 Å². The average Bonchev–Trinajstić information content (AvgIpc) is 2.55. The van der Waals surface area contributed by atoms with Gasteiger partial charge in [-0.05, 0) is 19.1 Å². The quantitative estimate of drug-likeness (QED) is 0.345. The second-order valence-corrected chi connectivity index (χ2v) is 6.70. The third kappa shape index (κ3) is 5.62. The van der Waals surface area contributed by atoms with Gasteiger partial charge in [-0.25, -0.2) is 0 Å². The van der Waals surface area contributed by atoms with E-state index in [2.05, 4.69) is 26.0 Å². The van der Waals surface area contributed by atoms with Crippen LogP contribution in [0.2, 0.25) is 0 Å². The van der Waals surface area contributed by atoms with Gasteiger partial charge in [0.1, 0.15) is 0 Å². The van der Waals surface area contributed by atoms with Crippen LogP contribution >= 0.6 is 0 Å². The van der Waals surface area contributed by atoms with E-state index < -0.39 is 0 Å². The molecule has 4 heteroatoms. The van der Waals surface area contributed by atoms with Crippen LogP contribution in [-0.4, -0.2) is 15.9 Å². The summed E-state index contributed by atoms with van der Waals surface area (Å²) in [4.78, 5) is 15.9. The third-order valence-electron chi connectivity index (χ3n) is 4.18. The minimum absolute atomic E-state index is 0. The number of allylic oxidation sites excluding steroid dienone is 2. The molecule has 1 atom stereocenters. The van der Waals surface area contributed by atoms with Crippen LogP contribution in [0.1, 0.15) is 57.0 Å². The zero-order valence-electron chi connectivity index (χ0n) is 15.0. The molecule has 0 aliphatic carbocycles. The number of aliphatic hydroxyl groups is 1. The van der Waals surface area contributed by atoms with Gasteiger partial charge in [0.25, 0.3) is 0 Å². The molecule has 0 spiro atoms. The van der Waals surface area contributed by atoms with Crippen molar-refractivity contribution in [3.05, 3.63) is 77.3 Å². The molecule has 2 rings (SSSR count). The van der Waals surface area contributed by atoms with Gasteiger partial charge in [0, 0.05) is 55.3 Å². The first-order chi connectivity index (χ1) is 11.3. The SMILES string of the molecule is CC(=O)/C=C(\O)CC(C)c1cccc(C(C)(C)c2[c-]cccc2)n1.[Ir]. The van der Waals surface area contributed by atoms with E-state index in [1.54, 1.807) is 0 Å². The van der Waals surface area contributed by atoms with Crippen LogP contribution in [0.25, 0.3) is 0 Å². The van der Waals surface area contributed by atoms with Crippen LogP contribution in [0.4, 0.5) is 0 Å². The summed E-state index contributed by atoms with van der Waals surface area (Å²) in [6.07, 6.45) is 1.66. The Morgan fingerprint density at radius 2 is 2.00 bits per heavy atom. The standard InChI is InChI=1S/C21H24NO2.Ir/c1-15(13-18(24)14-16(2)23)19-11-8-12-20(22-19)21(3,4)17-9-6-5-7-10-17;/h5-9,11-12,14-15,24H,13H2,1-4H3;/q-1;/b18-14-;. The number of pyridine rings is 1. The molecule has 1 heterocycles. The molecular weight excluding hydrogens is 490 g/mol. The third-order valence-corrected chi connectivity index (χ3v) is 4.18. The fourth-order valence-corrected chi connectivity index (χ4v) is 2.71. The van der Waals surface area contributed by atoms with Crippen LogP contribution in [0.15, 0.2) is 54.3 Å². The number of carbonyl (C=O) groups excluding carboxylic acids is 1. The molecule has 135 valence electrons. The van der Waals surface area contributed by atoms with Crippen LogP contribution in [-0.2, 0) is 30.3 Å². The molecule has 1 unspecified atom stereocenters. The van der Waals surface area contributed by atoms with Gasteiger partial charge in [-0.3, -0.25) is 9.78 Å². The molecule has 1 N–H and O–H groups in total. The zero-order chi connectivity index (χ0) is 17.7. The number of aliphatic hydroxyl groups excluding tert-OH is 1. The minimum atomic E-state index is -0.256. The molecule has 1 aromatic carbocycles. The molecule has 0 fully saturated rings. The Bertz CT molecular complexity index is 739. The number of ketones is 1. The molecule has 0 saturated heterocycles. The number of nitrogens with zero attached hydrogens (tertiary/aromatic N) is 1. The molecule has 0 saturated carbocycles. The van der Waals surface area contributed by atoms with E-state index in [1.807, 2.05) is 43.3 Å². The minimum Gasteiger partial charge on any atom is -0.512 e. The van der Waals surface area contributed by atoms with Gasteiger partial charge in [0.05, 0.1) is 5.76 Å². The second-order valence-electron chi connectivity index (χ2n) is 6.70. The van der Waals surface area contributed by atoms with Gasteiger partial charge in [0.15, 0.2) is 5.78 Å². The largest absolute Gasteiger partial charge is 0.512 e. The number of carbonyl (C=O) groups is 1. The van der Waals surface area contributed by atoms with E-state index in [1.165, 1.54) is 13.0 Å². The van der Waals surface area contributed by atoms with Crippen molar-refractivity contribution in [2.24, 2.45) is 0 Å². The molecule has 0 aliphatic rings.